The second-order valence-electron chi connectivity index (χ2n) is 9.25. The number of anilines is 1. The summed E-state index contributed by atoms with van der Waals surface area (Å²) in [6.45, 7) is 6.34. The quantitative estimate of drug-likeness (QED) is 0.637. The van der Waals surface area contributed by atoms with E-state index in [1.807, 2.05) is 24.1 Å². The van der Waals surface area contributed by atoms with E-state index in [9.17, 15) is 13.2 Å². The number of sulfone groups is 1. The molecule has 0 bridgehead atoms. The zero-order valence-corrected chi connectivity index (χ0v) is 20.1. The highest BCUT2D eigenvalue weighted by atomic mass is 32.2. The third kappa shape index (κ3) is 7.11. The van der Waals surface area contributed by atoms with Gasteiger partial charge in [0.15, 0.2) is 9.84 Å². The molecule has 2 aromatic carbocycles. The average Bonchev–Trinajstić information content (AvgIpc) is 3.17. The Morgan fingerprint density at radius 1 is 0.939 bits per heavy atom. The van der Waals surface area contributed by atoms with Crippen LogP contribution in [0.1, 0.15) is 17.5 Å². The van der Waals surface area contributed by atoms with Crippen LogP contribution in [-0.4, -0.2) is 86.3 Å². The van der Waals surface area contributed by atoms with Gasteiger partial charge < -0.3 is 5.32 Å². The molecule has 2 aliphatic rings. The van der Waals surface area contributed by atoms with Gasteiger partial charge in [0.1, 0.15) is 0 Å². The van der Waals surface area contributed by atoms with Gasteiger partial charge in [0.05, 0.1) is 18.1 Å². The van der Waals surface area contributed by atoms with Crippen molar-refractivity contribution in [1.29, 1.82) is 0 Å². The number of hydrogen-bond donors (Lipinski definition) is 1. The molecule has 0 spiro atoms. The van der Waals surface area contributed by atoms with Crippen molar-refractivity contribution in [2.24, 2.45) is 0 Å². The van der Waals surface area contributed by atoms with Crippen LogP contribution in [0.5, 0.6) is 0 Å². The maximum atomic E-state index is 12.4. The number of hydrogen-bond acceptors (Lipinski definition) is 6. The lowest BCUT2D eigenvalue weighted by atomic mass is 10.1. The zero-order valence-electron chi connectivity index (χ0n) is 19.3. The Morgan fingerprint density at radius 3 is 2.06 bits per heavy atom. The molecule has 2 aliphatic heterocycles. The van der Waals surface area contributed by atoms with Crippen molar-refractivity contribution < 1.29 is 13.2 Å². The minimum absolute atomic E-state index is 0.0729. The fraction of sp³-hybridized carbons (Fsp3) is 0.480. The summed E-state index contributed by atoms with van der Waals surface area (Å²) >= 11 is 0. The number of piperazine rings is 1. The van der Waals surface area contributed by atoms with Gasteiger partial charge in [-0.2, -0.15) is 0 Å². The van der Waals surface area contributed by atoms with Gasteiger partial charge in [0, 0.05) is 51.0 Å². The molecule has 0 aromatic heterocycles. The molecule has 1 amide bonds. The molecule has 0 radical (unpaired) electrons. The fourth-order valence-corrected chi connectivity index (χ4v) is 6.38. The minimum atomic E-state index is -2.95. The maximum absolute atomic E-state index is 12.4. The van der Waals surface area contributed by atoms with E-state index in [2.05, 4.69) is 57.6 Å². The predicted octanol–water partition coefficient (Wildman–Crippen LogP) is 2.06. The first-order valence-electron chi connectivity index (χ1n) is 11.6. The average molecular weight is 471 g/mol. The number of likely N-dealkylation sites (N-methyl/N-ethyl adjacent to an activating group) is 1. The minimum Gasteiger partial charge on any atom is -0.325 e. The number of amides is 1. The third-order valence-corrected chi connectivity index (χ3v) is 8.33. The Balaban J connectivity index is 1.19. The molecular formula is C25H34N4O3S. The van der Waals surface area contributed by atoms with Crippen LogP contribution in [0.4, 0.5) is 5.69 Å². The number of rotatable bonds is 8. The molecule has 1 atom stereocenters. The Kier molecular flexibility index (Phi) is 7.80. The molecule has 178 valence electrons. The highest BCUT2D eigenvalue weighted by Crippen LogP contribution is 2.17. The molecule has 1 N–H and O–H groups in total. The van der Waals surface area contributed by atoms with Crippen molar-refractivity contribution in [3.63, 3.8) is 0 Å². The van der Waals surface area contributed by atoms with Gasteiger partial charge in [-0.25, -0.2) is 8.42 Å². The standard InChI is InChI=1S/C25H34N4O3S/c1-27(24-11-16-33(31,32)20-24)19-25(30)26-23-9-7-22(8-10-23)18-29-14-12-28(13-15-29)17-21-5-3-2-4-6-21/h2-10,24H,11-20H2,1H3,(H,26,30). The van der Waals surface area contributed by atoms with Gasteiger partial charge >= 0.3 is 0 Å². The first-order valence-corrected chi connectivity index (χ1v) is 13.5. The van der Waals surface area contributed by atoms with Crippen LogP contribution in [0, 0.1) is 0 Å². The Bertz CT molecular complexity index is 1020. The molecule has 1 unspecified atom stereocenters. The number of benzene rings is 2. The first kappa shape index (κ1) is 23.9. The van der Waals surface area contributed by atoms with E-state index >= 15 is 0 Å². The summed E-state index contributed by atoms with van der Waals surface area (Å²) in [5.74, 6) is 0.239. The highest BCUT2D eigenvalue weighted by Gasteiger charge is 2.31. The van der Waals surface area contributed by atoms with Crippen LogP contribution >= 0.6 is 0 Å². The molecule has 33 heavy (non-hydrogen) atoms. The highest BCUT2D eigenvalue weighted by molar-refractivity contribution is 7.91. The molecule has 8 heteroatoms. The number of nitrogens with one attached hydrogen (secondary N) is 1. The lowest BCUT2D eigenvalue weighted by Gasteiger charge is -2.34. The van der Waals surface area contributed by atoms with E-state index < -0.39 is 9.84 Å². The molecule has 2 heterocycles. The van der Waals surface area contributed by atoms with Crippen LogP contribution in [0.15, 0.2) is 54.6 Å². The summed E-state index contributed by atoms with van der Waals surface area (Å²) in [7, 11) is -1.14. The van der Waals surface area contributed by atoms with Crippen LogP contribution in [0.25, 0.3) is 0 Å². The largest absolute Gasteiger partial charge is 0.325 e. The van der Waals surface area contributed by atoms with Crippen molar-refractivity contribution >= 4 is 21.4 Å². The van der Waals surface area contributed by atoms with Gasteiger partial charge in [0.2, 0.25) is 5.91 Å². The van der Waals surface area contributed by atoms with Crippen LogP contribution < -0.4 is 5.32 Å². The maximum Gasteiger partial charge on any atom is 0.238 e. The molecule has 4 rings (SSSR count). The second kappa shape index (κ2) is 10.8. The fourth-order valence-electron chi connectivity index (χ4n) is 4.58. The summed E-state index contributed by atoms with van der Waals surface area (Å²) in [5.41, 5.74) is 3.37. The number of carbonyl (C=O) groups is 1. The SMILES string of the molecule is CN(CC(=O)Nc1ccc(CN2CCN(Cc3ccccc3)CC2)cc1)C1CCS(=O)(=O)C1. The van der Waals surface area contributed by atoms with E-state index in [-0.39, 0.29) is 30.0 Å². The van der Waals surface area contributed by atoms with Crippen molar-refractivity contribution in [1.82, 2.24) is 14.7 Å². The van der Waals surface area contributed by atoms with Crippen molar-refractivity contribution in [2.75, 3.05) is 56.6 Å². The summed E-state index contributed by atoms with van der Waals surface area (Å²) in [4.78, 5) is 19.2. The lowest BCUT2D eigenvalue weighted by Crippen LogP contribution is -2.45. The van der Waals surface area contributed by atoms with E-state index in [1.54, 1.807) is 0 Å². The van der Waals surface area contributed by atoms with Crippen molar-refractivity contribution in [3.05, 3.63) is 65.7 Å². The van der Waals surface area contributed by atoms with Gasteiger partial charge in [0.25, 0.3) is 0 Å². The van der Waals surface area contributed by atoms with Crippen molar-refractivity contribution in [3.8, 4) is 0 Å². The first-order chi connectivity index (χ1) is 15.9. The van der Waals surface area contributed by atoms with Crippen LogP contribution in [0.3, 0.4) is 0 Å². The molecule has 0 saturated carbocycles. The predicted molar refractivity (Wildman–Crippen MR) is 132 cm³/mol. The smallest absolute Gasteiger partial charge is 0.238 e. The summed E-state index contributed by atoms with van der Waals surface area (Å²) in [6, 6.07) is 18.6. The second-order valence-corrected chi connectivity index (χ2v) is 11.5. The van der Waals surface area contributed by atoms with E-state index in [1.165, 1.54) is 11.1 Å². The molecule has 2 saturated heterocycles. The number of carbonyl (C=O) groups excluding carboxylic acids is 1. The lowest BCUT2D eigenvalue weighted by molar-refractivity contribution is -0.117. The van der Waals surface area contributed by atoms with Gasteiger partial charge in [-0.05, 0) is 36.7 Å². The molecular weight excluding hydrogens is 436 g/mol. The number of nitrogens with zero attached hydrogens (tertiary/aromatic N) is 3. The Morgan fingerprint density at radius 2 is 1.52 bits per heavy atom. The van der Waals surface area contributed by atoms with E-state index in [0.717, 1.165) is 45.0 Å². The summed E-state index contributed by atoms with van der Waals surface area (Å²) in [5, 5.41) is 2.93. The Hall–Kier alpha value is -2.26. The topological polar surface area (TPSA) is 73.0 Å². The molecule has 7 nitrogen and oxygen atoms in total. The Labute approximate surface area is 197 Å². The molecule has 0 aliphatic carbocycles. The van der Waals surface area contributed by atoms with Gasteiger partial charge in [-0.15, -0.1) is 0 Å². The van der Waals surface area contributed by atoms with Crippen LogP contribution in [-0.2, 0) is 27.7 Å². The van der Waals surface area contributed by atoms with E-state index in [4.69, 9.17) is 0 Å². The monoisotopic (exact) mass is 470 g/mol. The van der Waals surface area contributed by atoms with Crippen LogP contribution in [0.2, 0.25) is 0 Å². The molecule has 2 aromatic rings. The summed E-state index contributed by atoms with van der Waals surface area (Å²) < 4.78 is 23.3. The van der Waals surface area contributed by atoms with Gasteiger partial charge in [-0.3, -0.25) is 19.5 Å². The third-order valence-electron chi connectivity index (χ3n) is 6.58. The van der Waals surface area contributed by atoms with E-state index in [0.29, 0.717) is 6.42 Å². The molecule has 2 fully saturated rings. The summed E-state index contributed by atoms with van der Waals surface area (Å²) in [6.07, 6.45) is 0.599. The zero-order chi connectivity index (χ0) is 23.3. The van der Waals surface area contributed by atoms with Gasteiger partial charge in [-0.1, -0.05) is 42.5 Å². The normalized spacial score (nSPS) is 21.3. The van der Waals surface area contributed by atoms with Crippen molar-refractivity contribution in [2.45, 2.75) is 25.6 Å².